The van der Waals surface area contributed by atoms with Gasteiger partial charge in [-0.25, -0.2) is 4.79 Å². The van der Waals surface area contributed by atoms with Crippen molar-refractivity contribution < 1.29 is 23.0 Å². The van der Waals surface area contributed by atoms with Gasteiger partial charge in [0.1, 0.15) is 5.75 Å². The van der Waals surface area contributed by atoms with Crippen LogP contribution in [0, 0.1) is 0 Å². The van der Waals surface area contributed by atoms with Crippen LogP contribution in [0.1, 0.15) is 6.92 Å². The maximum Gasteiger partial charge on any atom is 0.502 e. The molecule has 0 aliphatic heterocycles. The monoisotopic (exact) mass is 259 g/mol. The third-order valence-electron chi connectivity index (χ3n) is 2.09. The van der Waals surface area contributed by atoms with Crippen molar-refractivity contribution in [2.45, 2.75) is 13.0 Å². The van der Waals surface area contributed by atoms with E-state index in [1.165, 1.54) is 19.1 Å². The van der Waals surface area contributed by atoms with E-state index in [4.69, 9.17) is 0 Å². The first-order valence-electron chi connectivity index (χ1n) is 5.38. The van der Waals surface area contributed by atoms with Crippen LogP contribution in [0.5, 0.6) is 5.75 Å². The summed E-state index contributed by atoms with van der Waals surface area (Å²) >= 11 is 0. The number of benzene rings is 1. The molecular formula is C12H15F2NO3. The molecule has 18 heavy (non-hydrogen) atoms. The molecule has 100 valence electrons. The summed E-state index contributed by atoms with van der Waals surface area (Å²) in [5.41, 5.74) is 0.687. The average Bonchev–Trinajstić information content (AvgIpc) is 2.29. The molecular weight excluding hydrogens is 244 g/mol. The zero-order chi connectivity index (χ0) is 13.8. The predicted molar refractivity (Wildman–Crippen MR) is 63.0 cm³/mol. The van der Waals surface area contributed by atoms with Crippen LogP contribution in [0.15, 0.2) is 24.3 Å². The van der Waals surface area contributed by atoms with Crippen molar-refractivity contribution in [2.24, 2.45) is 0 Å². The molecule has 0 fully saturated rings. The lowest BCUT2D eigenvalue weighted by Crippen LogP contribution is -2.36. The molecule has 4 nitrogen and oxygen atoms in total. The predicted octanol–water partition coefficient (Wildman–Crippen LogP) is 2.29. The van der Waals surface area contributed by atoms with E-state index in [-0.39, 0.29) is 12.4 Å². The van der Waals surface area contributed by atoms with E-state index in [9.17, 15) is 13.6 Å². The summed E-state index contributed by atoms with van der Waals surface area (Å²) in [7, 11) is 3.53. The maximum absolute atomic E-state index is 13.3. The van der Waals surface area contributed by atoms with Crippen LogP contribution in [0.3, 0.4) is 0 Å². The lowest BCUT2D eigenvalue weighted by molar-refractivity contribution is -0.216. The van der Waals surface area contributed by atoms with Gasteiger partial charge in [0.2, 0.25) is 0 Å². The third kappa shape index (κ3) is 3.58. The summed E-state index contributed by atoms with van der Waals surface area (Å²) in [5, 5.41) is 0. The third-order valence-corrected chi connectivity index (χ3v) is 2.09. The van der Waals surface area contributed by atoms with Crippen molar-refractivity contribution in [1.29, 1.82) is 0 Å². The molecule has 0 unspecified atom stereocenters. The van der Waals surface area contributed by atoms with Gasteiger partial charge in [0.25, 0.3) is 0 Å². The lowest BCUT2D eigenvalue weighted by Gasteiger charge is -2.18. The van der Waals surface area contributed by atoms with Crippen LogP contribution in [0.2, 0.25) is 0 Å². The summed E-state index contributed by atoms with van der Waals surface area (Å²) in [4.78, 5) is 12.7. The summed E-state index contributed by atoms with van der Waals surface area (Å²) in [5.74, 6) is -1.79. The Balaban J connectivity index is 2.83. The Bertz CT molecular complexity index is 422. The summed E-state index contributed by atoms with van der Waals surface area (Å²) in [6.07, 6.45) is -3.99. The number of alkyl halides is 2. The fourth-order valence-electron chi connectivity index (χ4n) is 1.23. The number of esters is 1. The van der Waals surface area contributed by atoms with Crippen molar-refractivity contribution in [1.82, 2.24) is 0 Å². The topological polar surface area (TPSA) is 38.8 Å². The van der Waals surface area contributed by atoms with E-state index < -0.39 is 12.1 Å². The van der Waals surface area contributed by atoms with E-state index in [2.05, 4.69) is 9.47 Å². The van der Waals surface area contributed by atoms with Crippen molar-refractivity contribution in [3.05, 3.63) is 24.3 Å². The molecule has 0 aliphatic carbocycles. The minimum atomic E-state index is -3.99. The molecule has 0 amide bonds. The number of carbonyl (C=O) groups excluding carboxylic acids is 1. The van der Waals surface area contributed by atoms with Crippen LogP contribution < -0.4 is 9.64 Å². The Labute approximate surface area is 104 Å². The second-order valence-electron chi connectivity index (χ2n) is 3.73. The Morgan fingerprint density at radius 2 is 2.06 bits per heavy atom. The first-order chi connectivity index (χ1) is 8.36. The van der Waals surface area contributed by atoms with Gasteiger partial charge in [-0.05, 0) is 19.1 Å². The SMILES string of the molecule is CCOC(=O)C(F)(F)Oc1cccc(N(C)C)c1. The van der Waals surface area contributed by atoms with E-state index in [1.54, 1.807) is 31.1 Å². The number of ether oxygens (including phenoxy) is 2. The van der Waals surface area contributed by atoms with Crippen LogP contribution in [0.4, 0.5) is 14.5 Å². The fourth-order valence-corrected chi connectivity index (χ4v) is 1.23. The van der Waals surface area contributed by atoms with Gasteiger partial charge in [-0.3, -0.25) is 0 Å². The number of hydrogen-bond acceptors (Lipinski definition) is 4. The molecule has 0 spiro atoms. The number of carbonyl (C=O) groups is 1. The normalized spacial score (nSPS) is 10.9. The van der Waals surface area contributed by atoms with Crippen molar-refractivity contribution in [2.75, 3.05) is 25.6 Å². The fraction of sp³-hybridized carbons (Fsp3) is 0.417. The van der Waals surface area contributed by atoms with Gasteiger partial charge in [0.15, 0.2) is 0 Å². The minimum absolute atomic E-state index is 0.0979. The van der Waals surface area contributed by atoms with Gasteiger partial charge in [0, 0.05) is 25.8 Å². The Hall–Kier alpha value is -1.85. The molecule has 0 radical (unpaired) electrons. The molecule has 0 atom stereocenters. The second-order valence-corrected chi connectivity index (χ2v) is 3.73. The molecule has 0 N–H and O–H groups in total. The summed E-state index contributed by atoms with van der Waals surface area (Å²) in [6.45, 7) is 1.32. The van der Waals surface area contributed by atoms with Gasteiger partial charge in [-0.1, -0.05) is 6.07 Å². The van der Waals surface area contributed by atoms with E-state index in [0.717, 1.165) is 0 Å². The van der Waals surface area contributed by atoms with E-state index >= 15 is 0 Å². The van der Waals surface area contributed by atoms with Crippen LogP contribution in [-0.2, 0) is 9.53 Å². The first kappa shape index (κ1) is 14.2. The molecule has 0 aromatic heterocycles. The van der Waals surface area contributed by atoms with E-state index in [0.29, 0.717) is 5.69 Å². The lowest BCUT2D eigenvalue weighted by atomic mass is 10.3. The van der Waals surface area contributed by atoms with Gasteiger partial charge in [-0.2, -0.15) is 8.78 Å². The zero-order valence-corrected chi connectivity index (χ0v) is 10.4. The molecule has 6 heteroatoms. The number of halogens is 2. The molecule has 0 saturated heterocycles. The molecule has 1 aromatic rings. The van der Waals surface area contributed by atoms with Gasteiger partial charge < -0.3 is 14.4 Å². The van der Waals surface area contributed by atoms with Crippen molar-refractivity contribution >= 4 is 11.7 Å². The van der Waals surface area contributed by atoms with E-state index in [1.807, 2.05) is 0 Å². The quantitative estimate of drug-likeness (QED) is 0.760. The molecule has 0 heterocycles. The molecule has 1 rings (SSSR count). The first-order valence-corrected chi connectivity index (χ1v) is 5.38. The summed E-state index contributed by atoms with van der Waals surface area (Å²) < 4.78 is 35.2. The minimum Gasteiger partial charge on any atom is -0.459 e. The molecule has 0 saturated carbocycles. The highest BCUT2D eigenvalue weighted by molar-refractivity contribution is 5.76. The zero-order valence-electron chi connectivity index (χ0n) is 10.4. The molecule has 1 aromatic carbocycles. The van der Waals surface area contributed by atoms with Crippen molar-refractivity contribution in [3.63, 3.8) is 0 Å². The number of rotatable bonds is 5. The highest BCUT2D eigenvalue weighted by atomic mass is 19.3. The Morgan fingerprint density at radius 1 is 1.39 bits per heavy atom. The standard InChI is InChI=1S/C12H15F2NO3/c1-4-17-11(16)12(13,14)18-10-7-5-6-9(8-10)15(2)3/h5-8H,4H2,1-3H3. The highest BCUT2D eigenvalue weighted by Gasteiger charge is 2.44. The van der Waals surface area contributed by atoms with Crippen molar-refractivity contribution in [3.8, 4) is 5.75 Å². The van der Waals surface area contributed by atoms with Gasteiger partial charge in [0.05, 0.1) is 6.61 Å². The average molecular weight is 259 g/mol. The second kappa shape index (κ2) is 5.66. The van der Waals surface area contributed by atoms with Gasteiger partial charge >= 0.3 is 12.1 Å². The Morgan fingerprint density at radius 3 is 2.61 bits per heavy atom. The van der Waals surface area contributed by atoms with Gasteiger partial charge in [-0.15, -0.1) is 0 Å². The largest absolute Gasteiger partial charge is 0.502 e. The highest BCUT2D eigenvalue weighted by Crippen LogP contribution is 2.26. The number of anilines is 1. The molecule has 0 bridgehead atoms. The number of nitrogens with zero attached hydrogens (tertiary/aromatic N) is 1. The Kier molecular flexibility index (Phi) is 4.47. The maximum atomic E-state index is 13.3. The molecule has 0 aliphatic rings. The number of hydrogen-bond donors (Lipinski definition) is 0. The van der Waals surface area contributed by atoms with Crippen LogP contribution in [0.25, 0.3) is 0 Å². The van der Waals surface area contributed by atoms with Crippen LogP contribution >= 0.6 is 0 Å². The summed E-state index contributed by atoms with van der Waals surface area (Å²) in [6, 6.07) is 6.05. The van der Waals surface area contributed by atoms with Crippen LogP contribution in [-0.4, -0.2) is 32.8 Å². The smallest absolute Gasteiger partial charge is 0.459 e.